The molecule has 0 unspecified atom stereocenters. The highest BCUT2D eigenvalue weighted by Gasteiger charge is 2.63. The van der Waals surface area contributed by atoms with Crippen molar-refractivity contribution in [3.05, 3.63) is 59.7 Å². The second-order valence-corrected chi connectivity index (χ2v) is 6.35. The second kappa shape index (κ2) is 9.37. The summed E-state index contributed by atoms with van der Waals surface area (Å²) in [5, 5.41) is 3.24. The summed E-state index contributed by atoms with van der Waals surface area (Å²) in [5.41, 5.74) is -6.12. The van der Waals surface area contributed by atoms with E-state index in [0.717, 1.165) is 24.3 Å². The fraction of sp³-hybridized carbons (Fsp3) is 0.300. The zero-order chi connectivity index (χ0) is 24.2. The summed E-state index contributed by atoms with van der Waals surface area (Å²) in [6.45, 7) is 0.744. The zero-order valence-electron chi connectivity index (χ0n) is 16.7. The van der Waals surface area contributed by atoms with Crippen LogP contribution in [0.15, 0.2) is 48.5 Å². The molecular weight excluding hydrogens is 446 g/mol. The summed E-state index contributed by atoms with van der Waals surface area (Å²) < 4.78 is 90.8. The summed E-state index contributed by atoms with van der Waals surface area (Å²) in [4.78, 5) is 25.0. The first-order valence-corrected chi connectivity index (χ1v) is 9.00. The predicted octanol–water partition coefficient (Wildman–Crippen LogP) is 4.38. The fourth-order valence-corrected chi connectivity index (χ4v) is 2.60. The van der Waals surface area contributed by atoms with Crippen molar-refractivity contribution in [3.8, 4) is 5.75 Å². The second-order valence-electron chi connectivity index (χ2n) is 6.35. The molecule has 2 aromatic rings. The molecule has 1 atom stereocenters. The van der Waals surface area contributed by atoms with Gasteiger partial charge in [-0.05, 0) is 49.4 Å². The number of esters is 1. The first-order chi connectivity index (χ1) is 14.8. The van der Waals surface area contributed by atoms with Crippen LogP contribution < -0.4 is 15.4 Å². The lowest BCUT2D eigenvalue weighted by Crippen LogP contribution is -2.69. The number of amides is 1. The normalized spacial score (nSPS) is 13.6. The average molecular weight is 464 g/mol. The number of anilines is 1. The number of nitrogens with one attached hydrogen (secondary N) is 2. The smallest absolute Gasteiger partial charge is 0.441 e. The van der Waals surface area contributed by atoms with Crippen LogP contribution in [0.1, 0.15) is 22.8 Å². The molecule has 0 bridgehead atoms. The van der Waals surface area contributed by atoms with Crippen molar-refractivity contribution >= 4 is 17.6 Å². The van der Waals surface area contributed by atoms with Gasteiger partial charge in [0.1, 0.15) is 5.75 Å². The van der Waals surface area contributed by atoms with Crippen LogP contribution in [-0.2, 0) is 15.7 Å². The molecule has 0 saturated carbocycles. The average Bonchev–Trinajstić information content (AvgIpc) is 2.72. The summed E-state index contributed by atoms with van der Waals surface area (Å²) in [6.07, 6.45) is -10.4. The van der Waals surface area contributed by atoms with Crippen LogP contribution >= 0.6 is 0 Å². The van der Waals surface area contributed by atoms with Gasteiger partial charge in [-0.25, -0.2) is 4.79 Å². The minimum absolute atomic E-state index is 0.269. The lowest BCUT2D eigenvalue weighted by Gasteiger charge is -2.35. The molecule has 0 aliphatic rings. The minimum Gasteiger partial charge on any atom is -0.497 e. The Morgan fingerprint density at radius 3 is 2.09 bits per heavy atom. The van der Waals surface area contributed by atoms with Crippen LogP contribution in [0.3, 0.4) is 0 Å². The minimum atomic E-state index is -5.50. The first kappa shape index (κ1) is 24.8. The molecular formula is C20H18F6N2O4. The summed E-state index contributed by atoms with van der Waals surface area (Å²) in [5.74, 6) is -2.97. The maximum Gasteiger partial charge on any atom is 0.441 e. The summed E-state index contributed by atoms with van der Waals surface area (Å²) in [6, 6.07) is 7.64. The number of halogens is 6. The van der Waals surface area contributed by atoms with Gasteiger partial charge in [-0.15, -0.1) is 0 Å². The van der Waals surface area contributed by atoms with Crippen molar-refractivity contribution < 1.29 is 45.4 Å². The molecule has 174 valence electrons. The number of ether oxygens (including phenoxy) is 2. The largest absolute Gasteiger partial charge is 0.497 e. The number of carbonyl (C=O) groups excluding carboxylic acids is 2. The molecule has 32 heavy (non-hydrogen) atoms. The lowest BCUT2D eigenvalue weighted by atomic mass is 10.1. The van der Waals surface area contributed by atoms with Gasteiger partial charge in [0.15, 0.2) is 0 Å². The third-order valence-electron chi connectivity index (χ3n) is 4.18. The van der Waals surface area contributed by atoms with Crippen molar-refractivity contribution in [2.24, 2.45) is 0 Å². The van der Waals surface area contributed by atoms with Crippen molar-refractivity contribution in [1.29, 1.82) is 0 Å². The van der Waals surface area contributed by atoms with Gasteiger partial charge in [0.25, 0.3) is 5.91 Å². The third kappa shape index (κ3) is 5.42. The van der Waals surface area contributed by atoms with Gasteiger partial charge in [0.2, 0.25) is 0 Å². The molecule has 0 spiro atoms. The maximum atomic E-state index is 14.1. The zero-order valence-corrected chi connectivity index (χ0v) is 16.7. The van der Waals surface area contributed by atoms with Gasteiger partial charge in [0, 0.05) is 11.3 Å². The molecule has 0 saturated heterocycles. The van der Waals surface area contributed by atoms with E-state index in [1.54, 1.807) is 10.6 Å². The van der Waals surface area contributed by atoms with Crippen LogP contribution in [0.2, 0.25) is 0 Å². The SMILES string of the molecule is CCOC(=O)[C@@](NC(=O)c1ccc(OC)cc1)(Nc1cccc(C(F)(F)F)c1)C(F)(F)F. The Hall–Kier alpha value is -3.44. The summed E-state index contributed by atoms with van der Waals surface area (Å²) in [7, 11) is 1.34. The van der Waals surface area contributed by atoms with Gasteiger partial charge in [-0.1, -0.05) is 6.07 Å². The van der Waals surface area contributed by atoms with Crippen molar-refractivity contribution in [3.63, 3.8) is 0 Å². The number of rotatable bonds is 7. The monoisotopic (exact) mass is 464 g/mol. The number of hydrogen-bond acceptors (Lipinski definition) is 5. The molecule has 2 rings (SSSR count). The predicted molar refractivity (Wildman–Crippen MR) is 101 cm³/mol. The van der Waals surface area contributed by atoms with Crippen LogP contribution in [-0.4, -0.2) is 37.4 Å². The van der Waals surface area contributed by atoms with Crippen molar-refractivity contribution in [2.45, 2.75) is 24.9 Å². The molecule has 2 N–H and O–H groups in total. The third-order valence-corrected chi connectivity index (χ3v) is 4.18. The number of hydrogen-bond donors (Lipinski definition) is 2. The van der Waals surface area contributed by atoms with E-state index in [1.165, 1.54) is 26.2 Å². The maximum absolute atomic E-state index is 14.1. The van der Waals surface area contributed by atoms with E-state index in [4.69, 9.17) is 4.74 Å². The van der Waals surface area contributed by atoms with E-state index in [1.807, 2.05) is 0 Å². The number of benzene rings is 2. The first-order valence-electron chi connectivity index (χ1n) is 9.00. The van der Waals surface area contributed by atoms with E-state index in [2.05, 4.69) is 4.74 Å². The van der Waals surface area contributed by atoms with E-state index >= 15 is 0 Å². The van der Waals surface area contributed by atoms with Gasteiger partial charge in [-0.2, -0.15) is 26.3 Å². The highest BCUT2D eigenvalue weighted by atomic mass is 19.4. The van der Waals surface area contributed by atoms with Crippen LogP contribution in [0.25, 0.3) is 0 Å². The van der Waals surface area contributed by atoms with Crippen LogP contribution in [0.4, 0.5) is 32.0 Å². The highest BCUT2D eigenvalue weighted by molar-refractivity contribution is 5.99. The van der Waals surface area contributed by atoms with E-state index in [0.29, 0.717) is 17.9 Å². The molecule has 0 aliphatic heterocycles. The molecule has 0 heterocycles. The van der Waals surface area contributed by atoms with Gasteiger partial charge in [0.05, 0.1) is 19.3 Å². The molecule has 1 amide bonds. The lowest BCUT2D eigenvalue weighted by molar-refractivity contribution is -0.204. The Bertz CT molecular complexity index is 960. The highest BCUT2D eigenvalue weighted by Crippen LogP contribution is 2.36. The Morgan fingerprint density at radius 1 is 0.969 bits per heavy atom. The number of alkyl halides is 6. The van der Waals surface area contributed by atoms with Crippen LogP contribution in [0, 0.1) is 0 Å². The Kier molecular flexibility index (Phi) is 7.27. The van der Waals surface area contributed by atoms with Crippen molar-refractivity contribution in [2.75, 3.05) is 19.0 Å². The molecule has 0 radical (unpaired) electrons. The van der Waals surface area contributed by atoms with Gasteiger partial charge in [-0.3, -0.25) is 4.79 Å². The molecule has 6 nitrogen and oxygen atoms in total. The quantitative estimate of drug-likeness (QED) is 0.362. The molecule has 0 aliphatic carbocycles. The summed E-state index contributed by atoms with van der Waals surface area (Å²) >= 11 is 0. The van der Waals surface area contributed by atoms with Crippen molar-refractivity contribution in [1.82, 2.24) is 5.32 Å². The molecule has 12 heteroatoms. The Balaban J connectivity index is 2.53. The topological polar surface area (TPSA) is 76.7 Å². The number of methoxy groups -OCH3 is 1. The standard InChI is InChI=1S/C20H18F6N2O4/c1-3-32-17(30)18(20(24,25)26,27-14-6-4-5-13(11-14)19(21,22)23)28-16(29)12-7-9-15(31-2)10-8-12/h4-11,27H,3H2,1-2H3,(H,28,29)/t18-/m0/s1. The molecule has 0 aromatic heterocycles. The van der Waals surface area contributed by atoms with E-state index in [9.17, 15) is 35.9 Å². The van der Waals surface area contributed by atoms with Crippen LogP contribution in [0.5, 0.6) is 5.75 Å². The van der Waals surface area contributed by atoms with E-state index in [-0.39, 0.29) is 5.56 Å². The Labute approximate surface area is 178 Å². The number of carbonyl (C=O) groups is 2. The fourth-order valence-electron chi connectivity index (χ4n) is 2.60. The van der Waals surface area contributed by atoms with Gasteiger partial charge >= 0.3 is 24.0 Å². The van der Waals surface area contributed by atoms with Gasteiger partial charge < -0.3 is 20.1 Å². The molecule has 0 fully saturated rings. The molecule has 2 aromatic carbocycles. The Morgan fingerprint density at radius 2 is 1.59 bits per heavy atom. The van der Waals surface area contributed by atoms with E-state index < -0.39 is 47.7 Å².